The van der Waals surface area contributed by atoms with Crippen LogP contribution in [0.4, 0.5) is 0 Å². The first-order valence-electron chi connectivity index (χ1n) is 7.70. The highest BCUT2D eigenvalue weighted by molar-refractivity contribution is 5.59. The van der Waals surface area contributed by atoms with Gasteiger partial charge in [-0.1, -0.05) is 18.2 Å². The number of ether oxygens (including phenoxy) is 1. The third kappa shape index (κ3) is 1.98. The molecule has 0 spiro atoms. The molecule has 0 aliphatic heterocycles. The van der Waals surface area contributed by atoms with E-state index < -0.39 is 11.3 Å². The lowest BCUT2D eigenvalue weighted by molar-refractivity contribution is 0.344. The van der Waals surface area contributed by atoms with Gasteiger partial charge in [-0.25, -0.2) is 0 Å². The average molecular weight is 316 g/mol. The average Bonchev–Trinajstić information content (AvgIpc) is 3.09. The Kier molecular flexibility index (Phi) is 3.76. The maximum absolute atomic E-state index is 9.84. The van der Waals surface area contributed by atoms with E-state index in [4.69, 9.17) is 10.5 Å². The molecule has 2 aliphatic rings. The van der Waals surface area contributed by atoms with Gasteiger partial charge in [-0.2, -0.15) is 15.8 Å². The van der Waals surface area contributed by atoms with Crippen LogP contribution in [0.25, 0.3) is 0 Å². The van der Waals surface area contributed by atoms with Crippen LogP contribution in [0.15, 0.2) is 47.2 Å². The van der Waals surface area contributed by atoms with Crippen molar-refractivity contribution in [1.82, 2.24) is 0 Å². The molecule has 0 aromatic heterocycles. The van der Waals surface area contributed by atoms with Crippen LogP contribution in [0.3, 0.4) is 0 Å². The first-order chi connectivity index (χ1) is 11.6. The number of fused-ring (bicyclic) bond motifs is 1. The van der Waals surface area contributed by atoms with Gasteiger partial charge >= 0.3 is 0 Å². The normalized spacial score (nSPS) is 24.2. The Morgan fingerprint density at radius 2 is 1.83 bits per heavy atom. The van der Waals surface area contributed by atoms with Crippen LogP contribution in [0.2, 0.25) is 0 Å². The van der Waals surface area contributed by atoms with Crippen LogP contribution in [-0.2, 0) is 0 Å². The van der Waals surface area contributed by atoms with Gasteiger partial charge in [0.1, 0.15) is 11.8 Å². The van der Waals surface area contributed by atoms with Crippen LogP contribution in [0.1, 0.15) is 24.3 Å². The van der Waals surface area contributed by atoms with Gasteiger partial charge in [0.05, 0.1) is 30.5 Å². The second-order valence-corrected chi connectivity index (χ2v) is 6.03. The minimum atomic E-state index is -1.54. The van der Waals surface area contributed by atoms with Gasteiger partial charge in [0.25, 0.3) is 0 Å². The number of hydrogen-bond acceptors (Lipinski definition) is 5. The highest BCUT2D eigenvalue weighted by Crippen LogP contribution is 2.56. The minimum absolute atomic E-state index is 0.0559. The molecule has 3 rings (SSSR count). The zero-order valence-electron chi connectivity index (χ0n) is 13.3. The van der Waals surface area contributed by atoms with Crippen LogP contribution >= 0.6 is 0 Å². The van der Waals surface area contributed by atoms with Crippen LogP contribution in [-0.4, -0.2) is 7.11 Å². The monoisotopic (exact) mass is 316 g/mol. The van der Waals surface area contributed by atoms with Crippen molar-refractivity contribution in [2.24, 2.45) is 17.1 Å². The fourth-order valence-corrected chi connectivity index (χ4v) is 3.88. The summed E-state index contributed by atoms with van der Waals surface area (Å²) in [5.41, 5.74) is 6.74. The van der Waals surface area contributed by atoms with Crippen molar-refractivity contribution in [2.45, 2.75) is 18.8 Å². The molecule has 0 heterocycles. The van der Waals surface area contributed by atoms with Gasteiger partial charge in [-0.05, 0) is 42.0 Å². The van der Waals surface area contributed by atoms with Crippen LogP contribution < -0.4 is 10.5 Å². The molecule has 0 unspecified atom stereocenters. The smallest absolute Gasteiger partial charge is 0.191 e. The van der Waals surface area contributed by atoms with E-state index in [1.54, 1.807) is 7.11 Å². The minimum Gasteiger partial charge on any atom is -0.497 e. The molecular formula is C19H16N4O. The van der Waals surface area contributed by atoms with Gasteiger partial charge in [-0.15, -0.1) is 0 Å². The summed E-state index contributed by atoms with van der Waals surface area (Å²) in [6.07, 6.45) is 3.62. The van der Waals surface area contributed by atoms with Gasteiger partial charge in [0.15, 0.2) is 5.41 Å². The van der Waals surface area contributed by atoms with Crippen LogP contribution in [0, 0.1) is 45.3 Å². The number of allylic oxidation sites excluding steroid dienone is 4. The Morgan fingerprint density at radius 1 is 1.17 bits per heavy atom. The molecule has 2 N–H and O–H groups in total. The number of nitriles is 3. The summed E-state index contributed by atoms with van der Waals surface area (Å²) in [6, 6.07) is 13.7. The summed E-state index contributed by atoms with van der Waals surface area (Å²) in [6.45, 7) is 0. The molecule has 0 fully saturated rings. The van der Waals surface area contributed by atoms with E-state index in [0.717, 1.165) is 24.0 Å². The van der Waals surface area contributed by atoms with Gasteiger partial charge < -0.3 is 10.5 Å². The number of methoxy groups -OCH3 is 1. The Balaban J connectivity index is 2.25. The zero-order valence-corrected chi connectivity index (χ0v) is 13.3. The molecule has 0 radical (unpaired) electrons. The van der Waals surface area contributed by atoms with Crippen molar-refractivity contribution in [2.75, 3.05) is 7.11 Å². The van der Waals surface area contributed by atoms with Crippen molar-refractivity contribution in [3.63, 3.8) is 0 Å². The maximum atomic E-state index is 9.84. The lowest BCUT2D eigenvalue weighted by Crippen LogP contribution is -2.41. The number of hydrogen-bond donors (Lipinski definition) is 1. The lowest BCUT2D eigenvalue weighted by Gasteiger charge is -2.40. The Morgan fingerprint density at radius 3 is 2.38 bits per heavy atom. The Hall–Kier alpha value is -3.23. The van der Waals surface area contributed by atoms with Crippen molar-refractivity contribution in [3.8, 4) is 24.0 Å². The van der Waals surface area contributed by atoms with Crippen molar-refractivity contribution >= 4 is 0 Å². The van der Waals surface area contributed by atoms with E-state index in [1.807, 2.05) is 30.3 Å². The first-order valence-corrected chi connectivity index (χ1v) is 7.70. The SMILES string of the molecule is COc1ccc([C@@H]2[C@H]3CCC=C3C(C#N)=C(N)C2(C#N)C#N)cc1. The summed E-state index contributed by atoms with van der Waals surface area (Å²) in [4.78, 5) is 0. The highest BCUT2D eigenvalue weighted by Gasteiger charge is 2.54. The molecule has 5 nitrogen and oxygen atoms in total. The molecule has 0 saturated carbocycles. The number of nitrogens with two attached hydrogens (primary N) is 1. The summed E-state index contributed by atoms with van der Waals surface area (Å²) < 4.78 is 5.18. The van der Waals surface area contributed by atoms with E-state index >= 15 is 0 Å². The predicted octanol–water partition coefficient (Wildman–Crippen LogP) is 2.90. The molecule has 0 amide bonds. The summed E-state index contributed by atoms with van der Waals surface area (Å²) in [5, 5.41) is 29.2. The molecule has 0 bridgehead atoms. The molecule has 1 aromatic rings. The standard InChI is InChI=1S/C19H16N4O/c1-24-13-7-5-12(6-8-13)17-15-4-2-3-14(15)16(9-20)18(23)19(17,10-21)11-22/h3,5-8,15,17H,2,4,23H2,1H3/t15-,17+/m0/s1. The van der Waals surface area contributed by atoms with E-state index in [0.29, 0.717) is 11.3 Å². The fraction of sp³-hybridized carbons (Fsp3) is 0.316. The van der Waals surface area contributed by atoms with Crippen LogP contribution in [0.5, 0.6) is 5.75 Å². The van der Waals surface area contributed by atoms with E-state index in [2.05, 4.69) is 18.2 Å². The third-order valence-corrected chi connectivity index (χ3v) is 5.03. The van der Waals surface area contributed by atoms with E-state index in [1.165, 1.54) is 0 Å². The lowest BCUT2D eigenvalue weighted by atomic mass is 9.59. The second kappa shape index (κ2) is 5.76. The molecular weight excluding hydrogens is 300 g/mol. The topological polar surface area (TPSA) is 107 Å². The Bertz CT molecular complexity index is 845. The number of rotatable bonds is 2. The Labute approximate surface area is 140 Å². The van der Waals surface area contributed by atoms with E-state index in [-0.39, 0.29) is 11.6 Å². The molecule has 2 aliphatic carbocycles. The van der Waals surface area contributed by atoms with Gasteiger partial charge in [0, 0.05) is 5.92 Å². The molecule has 2 atom stereocenters. The quantitative estimate of drug-likeness (QED) is 0.902. The molecule has 1 aromatic carbocycles. The van der Waals surface area contributed by atoms with Crippen molar-refractivity contribution in [1.29, 1.82) is 15.8 Å². The number of nitrogens with zero attached hydrogens (tertiary/aromatic N) is 3. The van der Waals surface area contributed by atoms with Crippen molar-refractivity contribution < 1.29 is 4.74 Å². The van der Waals surface area contributed by atoms with Crippen molar-refractivity contribution in [3.05, 3.63) is 52.7 Å². The predicted molar refractivity (Wildman–Crippen MR) is 87.0 cm³/mol. The summed E-state index contributed by atoms with van der Waals surface area (Å²) in [5.74, 6) is 0.251. The number of benzene rings is 1. The van der Waals surface area contributed by atoms with Gasteiger partial charge in [-0.3, -0.25) is 0 Å². The third-order valence-electron chi connectivity index (χ3n) is 5.03. The first kappa shape index (κ1) is 15.7. The van der Waals surface area contributed by atoms with Gasteiger partial charge in [0.2, 0.25) is 0 Å². The highest BCUT2D eigenvalue weighted by atomic mass is 16.5. The fourth-order valence-electron chi connectivity index (χ4n) is 3.88. The molecule has 0 saturated heterocycles. The molecule has 118 valence electrons. The molecule has 24 heavy (non-hydrogen) atoms. The summed E-state index contributed by atoms with van der Waals surface area (Å²) in [7, 11) is 1.59. The van der Waals surface area contributed by atoms with E-state index in [9.17, 15) is 15.8 Å². The zero-order chi connectivity index (χ0) is 17.3. The second-order valence-electron chi connectivity index (χ2n) is 6.03. The largest absolute Gasteiger partial charge is 0.497 e. The summed E-state index contributed by atoms with van der Waals surface area (Å²) >= 11 is 0. The molecule has 5 heteroatoms. The maximum Gasteiger partial charge on any atom is 0.191 e.